The number of benzene rings is 1. The van der Waals surface area contributed by atoms with Crippen LogP contribution in [0.5, 0.6) is 5.75 Å². The number of nitrogens with one attached hydrogen (secondary N) is 2. The lowest BCUT2D eigenvalue weighted by atomic mass is 10.3. The molecule has 4 nitrogen and oxygen atoms in total. The highest BCUT2D eigenvalue weighted by Gasteiger charge is 2.13. The highest BCUT2D eigenvalue weighted by atomic mass is 35.5. The normalized spacial score (nSPS) is 11.3. The van der Waals surface area contributed by atoms with Crippen LogP contribution in [-0.4, -0.2) is 38.4 Å². The van der Waals surface area contributed by atoms with Gasteiger partial charge in [-0.2, -0.15) is 0 Å². The molecule has 1 aromatic rings. The number of likely N-dealkylation sites (N-methyl/N-ethyl adjacent to an activating group) is 1. The van der Waals surface area contributed by atoms with E-state index in [0.29, 0.717) is 6.54 Å². The van der Waals surface area contributed by atoms with Gasteiger partial charge in [-0.3, -0.25) is 4.79 Å². The molecular weight excluding hydrogens is 284 g/mol. The summed E-state index contributed by atoms with van der Waals surface area (Å²) in [6, 6.07) is 7.71. The maximum atomic E-state index is 11.8. The van der Waals surface area contributed by atoms with Crippen LogP contribution in [0, 0.1) is 0 Å². The van der Waals surface area contributed by atoms with Gasteiger partial charge in [0.25, 0.3) is 0 Å². The Labute approximate surface area is 125 Å². The number of carbonyl (C=O) groups is 1. The van der Waals surface area contributed by atoms with Gasteiger partial charge < -0.3 is 15.4 Å². The molecule has 108 valence electrons. The van der Waals surface area contributed by atoms with Gasteiger partial charge in [-0.25, -0.2) is 0 Å². The molecule has 1 aromatic carbocycles. The number of halogens is 1. The lowest BCUT2D eigenvalue weighted by molar-refractivity contribution is -0.120. The molecule has 0 bridgehead atoms. The Bertz CT molecular complexity index is 373. The van der Waals surface area contributed by atoms with Crippen molar-refractivity contribution in [2.75, 3.05) is 27.2 Å². The summed E-state index contributed by atoms with van der Waals surface area (Å²) in [5.41, 5.74) is 0. The van der Waals surface area contributed by atoms with Crippen LogP contribution in [0.2, 0.25) is 0 Å². The SMILES string of the molecule is CNCCNC(=O)C(C)Sc1ccc(OC)cc1.Cl. The van der Waals surface area contributed by atoms with E-state index in [4.69, 9.17) is 4.74 Å². The molecule has 0 saturated heterocycles. The van der Waals surface area contributed by atoms with Crippen molar-refractivity contribution in [3.05, 3.63) is 24.3 Å². The van der Waals surface area contributed by atoms with Crippen LogP contribution in [-0.2, 0) is 4.79 Å². The van der Waals surface area contributed by atoms with Crippen molar-refractivity contribution < 1.29 is 9.53 Å². The summed E-state index contributed by atoms with van der Waals surface area (Å²) in [6.07, 6.45) is 0. The van der Waals surface area contributed by atoms with Gasteiger partial charge in [-0.05, 0) is 38.2 Å². The zero-order valence-electron chi connectivity index (χ0n) is 11.4. The van der Waals surface area contributed by atoms with Crippen molar-refractivity contribution in [2.24, 2.45) is 0 Å². The van der Waals surface area contributed by atoms with E-state index in [1.165, 1.54) is 0 Å². The third kappa shape index (κ3) is 6.71. The average Bonchev–Trinajstić information content (AvgIpc) is 2.39. The smallest absolute Gasteiger partial charge is 0.233 e. The number of rotatable bonds is 7. The second-order valence-corrected chi connectivity index (χ2v) is 5.24. The predicted molar refractivity (Wildman–Crippen MR) is 82.5 cm³/mol. The van der Waals surface area contributed by atoms with Gasteiger partial charge in [0, 0.05) is 18.0 Å². The third-order valence-electron chi connectivity index (χ3n) is 2.42. The largest absolute Gasteiger partial charge is 0.497 e. The lowest BCUT2D eigenvalue weighted by Crippen LogP contribution is -2.35. The Morgan fingerprint density at radius 3 is 2.47 bits per heavy atom. The molecule has 6 heteroatoms. The minimum absolute atomic E-state index is 0. The number of hydrogen-bond acceptors (Lipinski definition) is 4. The molecule has 0 aliphatic rings. The number of carbonyl (C=O) groups excluding carboxylic acids is 1. The van der Waals surface area contributed by atoms with E-state index >= 15 is 0 Å². The summed E-state index contributed by atoms with van der Waals surface area (Å²) >= 11 is 1.54. The van der Waals surface area contributed by atoms with Crippen LogP contribution >= 0.6 is 24.2 Å². The molecule has 0 saturated carbocycles. The highest BCUT2D eigenvalue weighted by molar-refractivity contribution is 8.00. The molecule has 0 radical (unpaired) electrons. The summed E-state index contributed by atoms with van der Waals surface area (Å²) < 4.78 is 5.09. The van der Waals surface area contributed by atoms with Gasteiger partial charge in [-0.15, -0.1) is 24.2 Å². The standard InChI is InChI=1S/C13H20N2O2S.ClH/c1-10(13(16)15-9-8-14-2)18-12-6-4-11(17-3)5-7-12;/h4-7,10,14H,8-9H2,1-3H3,(H,15,16);1H. The van der Waals surface area contributed by atoms with Gasteiger partial charge in [0.05, 0.1) is 12.4 Å². The molecule has 19 heavy (non-hydrogen) atoms. The van der Waals surface area contributed by atoms with E-state index in [0.717, 1.165) is 17.2 Å². The summed E-state index contributed by atoms with van der Waals surface area (Å²) in [7, 11) is 3.50. The predicted octanol–water partition coefficient (Wildman–Crippen LogP) is 1.93. The molecule has 2 N–H and O–H groups in total. The molecule has 1 atom stereocenters. The second kappa shape index (κ2) is 9.95. The second-order valence-electron chi connectivity index (χ2n) is 3.83. The summed E-state index contributed by atoms with van der Waals surface area (Å²) in [6.45, 7) is 3.35. The van der Waals surface area contributed by atoms with E-state index in [-0.39, 0.29) is 23.6 Å². The van der Waals surface area contributed by atoms with E-state index in [9.17, 15) is 4.79 Å². The Hall–Kier alpha value is -0.910. The molecule has 0 spiro atoms. The number of thioether (sulfide) groups is 1. The number of methoxy groups -OCH3 is 1. The fourth-order valence-corrected chi connectivity index (χ4v) is 2.26. The Morgan fingerprint density at radius 1 is 1.32 bits per heavy atom. The Kier molecular flexibility index (Phi) is 9.47. The van der Waals surface area contributed by atoms with E-state index in [1.807, 2.05) is 38.2 Å². The first-order valence-corrected chi connectivity index (χ1v) is 6.78. The van der Waals surface area contributed by atoms with Crippen molar-refractivity contribution in [1.82, 2.24) is 10.6 Å². The number of amides is 1. The number of hydrogen-bond donors (Lipinski definition) is 2. The first-order chi connectivity index (χ1) is 8.67. The topological polar surface area (TPSA) is 50.4 Å². The highest BCUT2D eigenvalue weighted by Crippen LogP contribution is 2.25. The van der Waals surface area contributed by atoms with Crippen molar-refractivity contribution in [3.8, 4) is 5.75 Å². The summed E-state index contributed by atoms with van der Waals surface area (Å²) in [4.78, 5) is 12.8. The third-order valence-corrected chi connectivity index (χ3v) is 3.53. The lowest BCUT2D eigenvalue weighted by Gasteiger charge is -2.12. The van der Waals surface area contributed by atoms with Gasteiger partial charge in [-0.1, -0.05) is 0 Å². The van der Waals surface area contributed by atoms with Crippen molar-refractivity contribution in [3.63, 3.8) is 0 Å². The quantitative estimate of drug-likeness (QED) is 0.597. The fourth-order valence-electron chi connectivity index (χ4n) is 1.37. The fraction of sp³-hybridized carbons (Fsp3) is 0.462. The molecule has 1 amide bonds. The minimum atomic E-state index is -0.102. The van der Waals surface area contributed by atoms with Gasteiger partial charge in [0.15, 0.2) is 0 Å². The maximum Gasteiger partial charge on any atom is 0.233 e. The van der Waals surface area contributed by atoms with E-state index in [1.54, 1.807) is 18.9 Å². The van der Waals surface area contributed by atoms with E-state index < -0.39 is 0 Å². The average molecular weight is 305 g/mol. The zero-order valence-corrected chi connectivity index (χ0v) is 13.1. The molecule has 1 rings (SSSR count). The molecule has 0 fully saturated rings. The van der Waals surface area contributed by atoms with Crippen LogP contribution in [0.4, 0.5) is 0 Å². The first-order valence-electron chi connectivity index (χ1n) is 5.90. The molecular formula is C13H21ClN2O2S. The van der Waals surface area contributed by atoms with Gasteiger partial charge >= 0.3 is 0 Å². The van der Waals surface area contributed by atoms with Gasteiger partial charge in [0.2, 0.25) is 5.91 Å². The minimum Gasteiger partial charge on any atom is -0.497 e. The van der Waals surface area contributed by atoms with Crippen LogP contribution in [0.3, 0.4) is 0 Å². The molecule has 0 aromatic heterocycles. The number of ether oxygens (including phenoxy) is 1. The van der Waals surface area contributed by atoms with Crippen LogP contribution in [0.1, 0.15) is 6.92 Å². The van der Waals surface area contributed by atoms with E-state index in [2.05, 4.69) is 10.6 Å². The van der Waals surface area contributed by atoms with Crippen molar-refractivity contribution in [1.29, 1.82) is 0 Å². The van der Waals surface area contributed by atoms with Crippen LogP contribution in [0.25, 0.3) is 0 Å². The molecule has 0 aliphatic carbocycles. The molecule has 1 unspecified atom stereocenters. The van der Waals surface area contributed by atoms with Crippen LogP contribution in [0.15, 0.2) is 29.2 Å². The van der Waals surface area contributed by atoms with Crippen molar-refractivity contribution >= 4 is 30.1 Å². The van der Waals surface area contributed by atoms with Crippen LogP contribution < -0.4 is 15.4 Å². The zero-order chi connectivity index (χ0) is 13.4. The Morgan fingerprint density at radius 2 is 1.95 bits per heavy atom. The molecule has 0 aliphatic heterocycles. The first kappa shape index (κ1) is 18.1. The monoisotopic (exact) mass is 304 g/mol. The summed E-state index contributed by atoms with van der Waals surface area (Å²) in [5.74, 6) is 0.886. The maximum absolute atomic E-state index is 11.8. The summed E-state index contributed by atoms with van der Waals surface area (Å²) in [5, 5.41) is 5.77. The van der Waals surface area contributed by atoms with Gasteiger partial charge in [0.1, 0.15) is 5.75 Å². The Balaban J connectivity index is 0.00000324. The van der Waals surface area contributed by atoms with Crippen molar-refractivity contribution in [2.45, 2.75) is 17.1 Å². The molecule has 0 heterocycles.